The first-order valence-corrected chi connectivity index (χ1v) is 5.48. The van der Waals surface area contributed by atoms with Crippen molar-refractivity contribution in [3.8, 4) is 0 Å². The molecule has 0 fully saturated rings. The fourth-order valence-electron chi connectivity index (χ4n) is 1.80. The Balaban J connectivity index is 2.78. The highest BCUT2D eigenvalue weighted by Crippen LogP contribution is 2.22. The van der Waals surface area contributed by atoms with Gasteiger partial charge in [-0.25, -0.2) is 4.39 Å². The van der Waals surface area contributed by atoms with E-state index in [1.807, 2.05) is 24.9 Å². The van der Waals surface area contributed by atoms with Crippen molar-refractivity contribution >= 4 is 0 Å². The highest BCUT2D eigenvalue weighted by atomic mass is 19.1. The first-order chi connectivity index (χ1) is 7.31. The number of nitrogens with zero attached hydrogens (tertiary/aromatic N) is 1. The second-order valence-electron chi connectivity index (χ2n) is 4.93. The molecule has 0 heterocycles. The molecule has 1 rings (SSSR count). The summed E-state index contributed by atoms with van der Waals surface area (Å²) >= 11 is 0. The van der Waals surface area contributed by atoms with Crippen molar-refractivity contribution in [3.05, 3.63) is 35.6 Å². The molecule has 0 aliphatic rings. The van der Waals surface area contributed by atoms with Crippen LogP contribution in [0.15, 0.2) is 24.3 Å². The molecular weight excluding hydrogens is 205 g/mol. The Labute approximate surface area is 96.7 Å². The maximum Gasteiger partial charge on any atom is 0.127 e. The number of benzene rings is 1. The number of hydrogen-bond donors (Lipinski definition) is 1. The first kappa shape index (κ1) is 13.1. The maximum absolute atomic E-state index is 13.5. The van der Waals surface area contributed by atoms with Gasteiger partial charge in [0.15, 0.2) is 0 Å². The van der Waals surface area contributed by atoms with Crippen LogP contribution in [0.4, 0.5) is 4.39 Å². The Morgan fingerprint density at radius 3 is 2.44 bits per heavy atom. The Morgan fingerprint density at radius 2 is 1.94 bits per heavy atom. The molecule has 0 aromatic heterocycles. The second kappa shape index (κ2) is 4.93. The van der Waals surface area contributed by atoms with E-state index in [0.29, 0.717) is 12.1 Å². The van der Waals surface area contributed by atoms with Gasteiger partial charge in [0, 0.05) is 18.2 Å². The van der Waals surface area contributed by atoms with Crippen LogP contribution >= 0.6 is 0 Å². The lowest BCUT2D eigenvalue weighted by molar-refractivity contribution is 0.0329. The molecule has 0 saturated carbocycles. The van der Waals surface area contributed by atoms with Gasteiger partial charge in [0.25, 0.3) is 0 Å². The number of likely N-dealkylation sites (N-methyl/N-ethyl adjacent to an activating group) is 1. The van der Waals surface area contributed by atoms with Crippen molar-refractivity contribution in [2.75, 3.05) is 13.6 Å². The lowest BCUT2D eigenvalue weighted by Crippen LogP contribution is -2.37. The zero-order valence-electron chi connectivity index (χ0n) is 10.4. The van der Waals surface area contributed by atoms with E-state index in [0.717, 1.165) is 0 Å². The summed E-state index contributed by atoms with van der Waals surface area (Å²) in [6.45, 7) is 5.93. The third-order valence-corrected chi connectivity index (χ3v) is 2.65. The van der Waals surface area contributed by atoms with E-state index < -0.39 is 5.60 Å². The molecule has 1 unspecified atom stereocenters. The minimum atomic E-state index is -0.770. The monoisotopic (exact) mass is 225 g/mol. The van der Waals surface area contributed by atoms with Gasteiger partial charge in [0.1, 0.15) is 5.82 Å². The van der Waals surface area contributed by atoms with E-state index in [1.54, 1.807) is 26.0 Å². The van der Waals surface area contributed by atoms with Gasteiger partial charge in [-0.1, -0.05) is 18.2 Å². The van der Waals surface area contributed by atoms with Gasteiger partial charge in [-0.3, -0.25) is 4.90 Å². The van der Waals surface area contributed by atoms with Crippen molar-refractivity contribution in [1.29, 1.82) is 0 Å². The Bertz CT molecular complexity index is 346. The van der Waals surface area contributed by atoms with Crippen molar-refractivity contribution in [2.45, 2.75) is 32.4 Å². The van der Waals surface area contributed by atoms with Crippen molar-refractivity contribution < 1.29 is 9.50 Å². The standard InChI is InChI=1S/C13H20FNO/c1-10(15(4)9-13(2,3)16)11-7-5-6-8-12(11)14/h5-8,10,16H,9H2,1-4H3. The average molecular weight is 225 g/mol. The summed E-state index contributed by atoms with van der Waals surface area (Å²) in [5.74, 6) is -0.197. The molecule has 1 N–H and O–H groups in total. The molecule has 0 amide bonds. The first-order valence-electron chi connectivity index (χ1n) is 5.48. The van der Waals surface area contributed by atoms with E-state index in [-0.39, 0.29) is 11.9 Å². The lowest BCUT2D eigenvalue weighted by atomic mass is 10.0. The highest BCUT2D eigenvalue weighted by molar-refractivity contribution is 5.20. The van der Waals surface area contributed by atoms with Gasteiger partial charge in [0.05, 0.1) is 5.60 Å². The zero-order chi connectivity index (χ0) is 12.3. The molecule has 1 atom stereocenters. The Morgan fingerprint density at radius 1 is 1.38 bits per heavy atom. The van der Waals surface area contributed by atoms with Crippen molar-refractivity contribution in [3.63, 3.8) is 0 Å². The molecule has 1 aromatic carbocycles. The van der Waals surface area contributed by atoms with E-state index in [4.69, 9.17) is 0 Å². The van der Waals surface area contributed by atoms with E-state index >= 15 is 0 Å². The average Bonchev–Trinajstić information content (AvgIpc) is 2.15. The third-order valence-electron chi connectivity index (χ3n) is 2.65. The van der Waals surface area contributed by atoms with Crippen LogP contribution in [-0.4, -0.2) is 29.2 Å². The van der Waals surface area contributed by atoms with Crippen LogP contribution in [0.1, 0.15) is 32.4 Å². The molecule has 90 valence electrons. The van der Waals surface area contributed by atoms with E-state index in [9.17, 15) is 9.50 Å². The molecule has 16 heavy (non-hydrogen) atoms. The van der Waals surface area contributed by atoms with Crippen molar-refractivity contribution in [1.82, 2.24) is 4.90 Å². The summed E-state index contributed by atoms with van der Waals surface area (Å²) < 4.78 is 13.5. The predicted octanol–water partition coefficient (Wildman–Crippen LogP) is 2.59. The second-order valence-corrected chi connectivity index (χ2v) is 4.93. The molecule has 3 heteroatoms. The smallest absolute Gasteiger partial charge is 0.127 e. The molecule has 1 aromatic rings. The summed E-state index contributed by atoms with van der Waals surface area (Å²) in [5, 5.41) is 9.72. The van der Waals surface area contributed by atoms with Gasteiger partial charge in [0.2, 0.25) is 0 Å². The fourth-order valence-corrected chi connectivity index (χ4v) is 1.80. The van der Waals surface area contributed by atoms with Gasteiger partial charge >= 0.3 is 0 Å². The van der Waals surface area contributed by atoms with Gasteiger partial charge in [-0.05, 0) is 33.9 Å². The Kier molecular flexibility index (Phi) is 4.05. The molecular formula is C13H20FNO. The van der Waals surface area contributed by atoms with E-state index in [2.05, 4.69) is 0 Å². The largest absolute Gasteiger partial charge is 0.389 e. The van der Waals surface area contributed by atoms with Crippen LogP contribution in [0.25, 0.3) is 0 Å². The van der Waals surface area contributed by atoms with Gasteiger partial charge < -0.3 is 5.11 Å². The number of hydrogen-bond acceptors (Lipinski definition) is 2. The summed E-state index contributed by atoms with van der Waals surface area (Å²) in [6.07, 6.45) is 0. The van der Waals surface area contributed by atoms with Crippen molar-refractivity contribution in [2.24, 2.45) is 0 Å². The van der Waals surface area contributed by atoms with E-state index in [1.165, 1.54) is 6.07 Å². The minimum Gasteiger partial charge on any atom is -0.389 e. The molecule has 0 radical (unpaired) electrons. The third kappa shape index (κ3) is 3.58. The molecule has 0 bridgehead atoms. The SMILES string of the molecule is CC(c1ccccc1F)N(C)CC(C)(C)O. The van der Waals surface area contributed by atoms with Crippen LogP contribution in [0, 0.1) is 5.82 Å². The van der Waals surface area contributed by atoms with Gasteiger partial charge in [-0.15, -0.1) is 0 Å². The van der Waals surface area contributed by atoms with Crippen LogP contribution in [0.5, 0.6) is 0 Å². The minimum absolute atomic E-state index is 0.0485. The van der Waals surface area contributed by atoms with Crippen LogP contribution in [-0.2, 0) is 0 Å². The zero-order valence-corrected chi connectivity index (χ0v) is 10.4. The number of halogens is 1. The molecule has 0 spiro atoms. The summed E-state index contributed by atoms with van der Waals surface area (Å²) in [5.41, 5.74) is -0.108. The predicted molar refractivity (Wildman–Crippen MR) is 63.7 cm³/mol. The molecule has 2 nitrogen and oxygen atoms in total. The topological polar surface area (TPSA) is 23.5 Å². The van der Waals surface area contributed by atoms with Gasteiger partial charge in [-0.2, -0.15) is 0 Å². The summed E-state index contributed by atoms with van der Waals surface area (Å²) in [7, 11) is 1.88. The molecule has 0 aliphatic heterocycles. The van der Waals surface area contributed by atoms with Crippen LogP contribution in [0.2, 0.25) is 0 Å². The number of rotatable bonds is 4. The van der Waals surface area contributed by atoms with Crippen LogP contribution < -0.4 is 0 Å². The quantitative estimate of drug-likeness (QED) is 0.851. The molecule has 0 aliphatic carbocycles. The number of aliphatic hydroxyl groups is 1. The summed E-state index contributed by atoms with van der Waals surface area (Å²) in [4.78, 5) is 1.94. The maximum atomic E-state index is 13.5. The fraction of sp³-hybridized carbons (Fsp3) is 0.538. The highest BCUT2D eigenvalue weighted by Gasteiger charge is 2.21. The normalized spacial score (nSPS) is 14.2. The molecule has 0 saturated heterocycles. The summed E-state index contributed by atoms with van der Waals surface area (Å²) in [6, 6.07) is 6.70. The Hall–Kier alpha value is -0.930. The lowest BCUT2D eigenvalue weighted by Gasteiger charge is -2.30. The van der Waals surface area contributed by atoms with Crippen LogP contribution in [0.3, 0.4) is 0 Å².